The Hall–Kier alpha value is -4.26. The van der Waals surface area contributed by atoms with E-state index in [4.69, 9.17) is 0 Å². The van der Waals surface area contributed by atoms with Crippen LogP contribution in [-0.4, -0.2) is 36.6 Å². The number of hydrogen-bond donors (Lipinski definition) is 2. The molecule has 1 unspecified atom stereocenters. The number of Topliss-reactive ketones (excluding diaryl/α,β-unsaturated/α-hetero) is 1. The van der Waals surface area contributed by atoms with Gasteiger partial charge >= 0.3 is 0 Å². The number of nitrogens with zero attached hydrogens (tertiary/aromatic N) is 3. The van der Waals surface area contributed by atoms with Crippen LogP contribution < -0.4 is 0 Å². The van der Waals surface area contributed by atoms with E-state index in [9.17, 15) is 14.7 Å². The van der Waals surface area contributed by atoms with Gasteiger partial charge in [0.15, 0.2) is 0 Å². The van der Waals surface area contributed by atoms with Crippen molar-refractivity contribution in [3.63, 3.8) is 0 Å². The minimum absolute atomic E-state index is 0.0478. The van der Waals surface area contributed by atoms with Crippen LogP contribution in [0.3, 0.4) is 0 Å². The quantitative estimate of drug-likeness (QED) is 0.304. The number of aromatic nitrogens is 3. The molecule has 1 aromatic carbocycles. The summed E-state index contributed by atoms with van der Waals surface area (Å²) in [5.74, 6) is -1.60. The Morgan fingerprint density at radius 3 is 2.52 bits per heavy atom. The molecule has 4 heterocycles. The summed E-state index contributed by atoms with van der Waals surface area (Å²) in [5.41, 5.74) is 2.78. The molecule has 1 saturated heterocycles. The van der Waals surface area contributed by atoms with Crippen molar-refractivity contribution in [1.29, 1.82) is 0 Å². The third kappa shape index (κ3) is 3.16. The fraction of sp³-hybridized carbons (Fsp3) is 0.0833. The van der Waals surface area contributed by atoms with E-state index >= 15 is 0 Å². The molecule has 2 N–H and O–H groups in total. The lowest BCUT2D eigenvalue weighted by Gasteiger charge is -2.25. The highest BCUT2D eigenvalue weighted by atomic mass is 16.3. The molecule has 0 saturated carbocycles. The lowest BCUT2D eigenvalue weighted by atomic mass is 9.96. The summed E-state index contributed by atoms with van der Waals surface area (Å²) in [4.78, 5) is 38.9. The summed E-state index contributed by atoms with van der Waals surface area (Å²) < 4.78 is 0. The van der Waals surface area contributed by atoms with Crippen LogP contribution in [0.4, 0.5) is 0 Å². The van der Waals surface area contributed by atoms with Gasteiger partial charge in [0.05, 0.1) is 11.6 Å². The number of rotatable bonds is 4. The molecule has 31 heavy (non-hydrogen) atoms. The number of nitrogens with one attached hydrogen (secondary N) is 1. The van der Waals surface area contributed by atoms with E-state index in [-0.39, 0.29) is 17.9 Å². The lowest BCUT2D eigenvalue weighted by molar-refractivity contribution is -0.140. The number of pyridine rings is 2. The minimum Gasteiger partial charge on any atom is -0.507 e. The minimum atomic E-state index is -0.762. The van der Waals surface area contributed by atoms with Crippen LogP contribution in [0.2, 0.25) is 0 Å². The topological polar surface area (TPSA) is 99.2 Å². The first kappa shape index (κ1) is 18.7. The Bertz CT molecular complexity index is 1310. The molecule has 0 bridgehead atoms. The van der Waals surface area contributed by atoms with Crippen LogP contribution in [0.5, 0.6) is 0 Å². The molecule has 4 aromatic rings. The summed E-state index contributed by atoms with van der Waals surface area (Å²) in [6.07, 6.45) is 8.17. The molecule has 5 rings (SSSR count). The molecular formula is C24H18N4O3. The van der Waals surface area contributed by atoms with Crippen molar-refractivity contribution >= 4 is 28.4 Å². The van der Waals surface area contributed by atoms with Crippen LogP contribution in [0.1, 0.15) is 22.7 Å². The first-order valence-electron chi connectivity index (χ1n) is 9.79. The molecule has 1 amide bonds. The number of aliphatic hydroxyl groups excluding tert-OH is 1. The van der Waals surface area contributed by atoms with Crippen molar-refractivity contribution in [3.05, 3.63) is 102 Å². The number of aromatic amines is 1. The fourth-order valence-corrected chi connectivity index (χ4v) is 4.03. The standard InChI is InChI=1S/C24H18N4O3/c29-22(18-13-27-19-8-2-1-7-17(18)19)20-21(16-6-4-10-26-12-16)28(24(31)23(20)30)14-15-5-3-9-25-11-15/h1-13,21,27,29H,14H2/b22-20-. The summed E-state index contributed by atoms with van der Waals surface area (Å²) in [7, 11) is 0. The number of likely N-dealkylation sites (tertiary alicyclic amines) is 1. The predicted octanol–water partition coefficient (Wildman–Crippen LogP) is 3.58. The van der Waals surface area contributed by atoms with Crippen molar-refractivity contribution in [2.75, 3.05) is 0 Å². The Morgan fingerprint density at radius 1 is 1.00 bits per heavy atom. The Labute approximate surface area is 177 Å². The zero-order valence-electron chi connectivity index (χ0n) is 16.4. The zero-order valence-corrected chi connectivity index (χ0v) is 16.4. The average molecular weight is 410 g/mol. The van der Waals surface area contributed by atoms with Crippen LogP contribution >= 0.6 is 0 Å². The molecule has 0 radical (unpaired) electrons. The lowest BCUT2D eigenvalue weighted by Crippen LogP contribution is -2.29. The maximum absolute atomic E-state index is 13.1. The smallest absolute Gasteiger partial charge is 0.295 e. The van der Waals surface area contributed by atoms with Crippen LogP contribution in [0.15, 0.2) is 85.1 Å². The van der Waals surface area contributed by atoms with Gasteiger partial charge in [0, 0.05) is 54.0 Å². The first-order chi connectivity index (χ1) is 15.1. The van der Waals surface area contributed by atoms with Crippen LogP contribution in [0.25, 0.3) is 16.7 Å². The van der Waals surface area contributed by atoms with E-state index in [0.29, 0.717) is 11.1 Å². The van der Waals surface area contributed by atoms with Crippen molar-refractivity contribution < 1.29 is 14.7 Å². The van der Waals surface area contributed by atoms with Crippen molar-refractivity contribution in [2.45, 2.75) is 12.6 Å². The van der Waals surface area contributed by atoms with E-state index in [1.165, 1.54) is 4.90 Å². The number of fused-ring (bicyclic) bond motifs is 1. The number of benzene rings is 1. The average Bonchev–Trinajstić information content (AvgIpc) is 3.35. The number of amides is 1. The van der Waals surface area contributed by atoms with Gasteiger partial charge in [-0.3, -0.25) is 19.6 Å². The fourth-order valence-electron chi connectivity index (χ4n) is 4.03. The van der Waals surface area contributed by atoms with Gasteiger partial charge in [0.25, 0.3) is 11.7 Å². The SMILES string of the molecule is O=C1C(=O)N(Cc2cccnc2)C(c2cccnc2)/C1=C(/O)c1c[nH]c2ccccc12. The molecule has 3 aromatic heterocycles. The number of ketones is 1. The van der Waals surface area contributed by atoms with E-state index < -0.39 is 17.7 Å². The molecule has 1 fully saturated rings. The third-order valence-corrected chi connectivity index (χ3v) is 5.46. The molecule has 1 aliphatic heterocycles. The molecule has 7 heteroatoms. The maximum atomic E-state index is 13.1. The highest BCUT2D eigenvalue weighted by Crippen LogP contribution is 2.40. The second-order valence-electron chi connectivity index (χ2n) is 7.32. The monoisotopic (exact) mass is 410 g/mol. The number of H-pyrrole nitrogens is 1. The zero-order chi connectivity index (χ0) is 21.4. The molecule has 1 atom stereocenters. The molecule has 0 aliphatic carbocycles. The second-order valence-corrected chi connectivity index (χ2v) is 7.32. The number of carbonyl (C=O) groups is 2. The van der Waals surface area contributed by atoms with Crippen LogP contribution in [0, 0.1) is 0 Å². The first-order valence-corrected chi connectivity index (χ1v) is 9.79. The van der Waals surface area contributed by atoms with Crippen molar-refractivity contribution in [2.24, 2.45) is 0 Å². The van der Waals surface area contributed by atoms with Crippen LogP contribution in [-0.2, 0) is 16.1 Å². The summed E-state index contributed by atoms with van der Waals surface area (Å²) in [6.45, 7) is 0.183. The summed E-state index contributed by atoms with van der Waals surface area (Å²) in [5, 5.41) is 12.0. The van der Waals surface area contributed by atoms with Gasteiger partial charge in [-0.25, -0.2) is 0 Å². The van der Waals surface area contributed by atoms with Crippen molar-refractivity contribution in [3.8, 4) is 0 Å². The van der Waals surface area contributed by atoms with Crippen molar-refractivity contribution in [1.82, 2.24) is 19.9 Å². The van der Waals surface area contributed by atoms with Gasteiger partial charge in [-0.05, 0) is 29.3 Å². The van der Waals surface area contributed by atoms with E-state index in [2.05, 4.69) is 15.0 Å². The molecule has 152 valence electrons. The normalized spacial score (nSPS) is 18.1. The highest BCUT2D eigenvalue weighted by Gasteiger charge is 2.46. The Kier molecular flexibility index (Phi) is 4.55. The molecule has 0 spiro atoms. The summed E-state index contributed by atoms with van der Waals surface area (Å²) >= 11 is 0. The van der Waals surface area contributed by atoms with Gasteiger partial charge < -0.3 is 15.0 Å². The number of carbonyl (C=O) groups excluding carboxylic acids is 2. The Balaban J connectivity index is 1.68. The highest BCUT2D eigenvalue weighted by molar-refractivity contribution is 6.46. The summed E-state index contributed by atoms with van der Waals surface area (Å²) in [6, 6.07) is 13.9. The molecule has 1 aliphatic rings. The van der Waals surface area contributed by atoms with Gasteiger partial charge in [0.2, 0.25) is 0 Å². The van der Waals surface area contributed by atoms with Gasteiger partial charge in [-0.15, -0.1) is 0 Å². The van der Waals surface area contributed by atoms with Gasteiger partial charge in [-0.1, -0.05) is 30.3 Å². The number of para-hydroxylation sites is 1. The maximum Gasteiger partial charge on any atom is 0.295 e. The number of aliphatic hydroxyl groups is 1. The Morgan fingerprint density at radius 2 is 1.77 bits per heavy atom. The van der Waals surface area contributed by atoms with E-state index in [0.717, 1.165) is 16.5 Å². The van der Waals surface area contributed by atoms with Gasteiger partial charge in [-0.2, -0.15) is 0 Å². The number of hydrogen-bond acceptors (Lipinski definition) is 5. The molecular weight excluding hydrogens is 392 g/mol. The second kappa shape index (κ2) is 7.53. The van der Waals surface area contributed by atoms with Gasteiger partial charge in [0.1, 0.15) is 5.76 Å². The predicted molar refractivity (Wildman–Crippen MR) is 115 cm³/mol. The third-order valence-electron chi connectivity index (χ3n) is 5.46. The van der Waals surface area contributed by atoms with E-state index in [1.54, 1.807) is 49.2 Å². The largest absolute Gasteiger partial charge is 0.507 e. The van der Waals surface area contributed by atoms with E-state index in [1.807, 2.05) is 30.3 Å². The molecule has 7 nitrogen and oxygen atoms in total.